The first-order chi connectivity index (χ1) is 14.1. The van der Waals surface area contributed by atoms with E-state index < -0.39 is 23.5 Å². The highest BCUT2D eigenvalue weighted by molar-refractivity contribution is 6.15. The lowest BCUT2D eigenvalue weighted by molar-refractivity contribution is -0.131. The summed E-state index contributed by atoms with van der Waals surface area (Å²) in [5.41, 5.74) is 0.728. The number of carbonyl (C=O) groups is 2. The van der Waals surface area contributed by atoms with Gasteiger partial charge >= 0.3 is 0 Å². The molecule has 1 N–H and O–H groups in total. The predicted molar refractivity (Wildman–Crippen MR) is 104 cm³/mol. The van der Waals surface area contributed by atoms with Crippen LogP contribution in [0.2, 0.25) is 0 Å². The van der Waals surface area contributed by atoms with Gasteiger partial charge in [0.1, 0.15) is 5.75 Å². The first-order valence-electron chi connectivity index (χ1n) is 9.76. The van der Waals surface area contributed by atoms with Gasteiger partial charge in [0.15, 0.2) is 11.5 Å². The molecular weight excluding hydrogens is 374 g/mol. The molecule has 0 saturated carbocycles. The van der Waals surface area contributed by atoms with E-state index in [2.05, 4.69) is 0 Å². The molecule has 0 radical (unpaired) electrons. The minimum Gasteiger partial charge on any atom is -0.503 e. The van der Waals surface area contributed by atoms with Gasteiger partial charge < -0.3 is 23.9 Å². The zero-order chi connectivity index (χ0) is 20.4. The van der Waals surface area contributed by atoms with E-state index in [1.165, 1.54) is 17.2 Å². The lowest BCUT2D eigenvalue weighted by Gasteiger charge is -2.28. The van der Waals surface area contributed by atoms with Gasteiger partial charge in [-0.3, -0.25) is 9.59 Å². The number of hydrogen-bond donors (Lipinski definition) is 1. The highest BCUT2D eigenvalue weighted by Gasteiger charge is 2.45. The minimum absolute atomic E-state index is 0.0205. The fraction of sp³-hybridized carbons (Fsp3) is 0.364. The molecule has 152 valence electrons. The molecule has 29 heavy (non-hydrogen) atoms. The molecule has 2 aliphatic heterocycles. The van der Waals surface area contributed by atoms with Crippen LogP contribution in [0.1, 0.15) is 41.9 Å². The molecule has 7 nitrogen and oxygen atoms in total. The average Bonchev–Trinajstić information content (AvgIpc) is 3.47. The van der Waals surface area contributed by atoms with Crippen LogP contribution in [0.4, 0.5) is 0 Å². The topological polar surface area (TPSA) is 89.2 Å². The fourth-order valence-corrected chi connectivity index (χ4v) is 3.88. The van der Waals surface area contributed by atoms with Crippen LogP contribution >= 0.6 is 0 Å². The number of benzene rings is 1. The van der Waals surface area contributed by atoms with E-state index in [4.69, 9.17) is 13.9 Å². The molecule has 1 fully saturated rings. The molecule has 1 amide bonds. The van der Waals surface area contributed by atoms with Crippen molar-refractivity contribution >= 4 is 11.7 Å². The number of rotatable bonds is 7. The maximum atomic E-state index is 13.1. The van der Waals surface area contributed by atoms with Crippen LogP contribution in [0.25, 0.3) is 0 Å². The third-order valence-corrected chi connectivity index (χ3v) is 5.22. The summed E-state index contributed by atoms with van der Waals surface area (Å²) in [7, 11) is 0. The molecule has 0 bridgehead atoms. The summed E-state index contributed by atoms with van der Waals surface area (Å²) in [5.74, 6) is -0.847. The van der Waals surface area contributed by atoms with Gasteiger partial charge in [0.25, 0.3) is 5.91 Å². The molecule has 7 heteroatoms. The van der Waals surface area contributed by atoms with E-state index in [-0.39, 0.29) is 17.4 Å². The molecule has 2 atom stereocenters. The Morgan fingerprint density at radius 3 is 2.69 bits per heavy atom. The lowest BCUT2D eigenvalue weighted by Crippen LogP contribution is -2.37. The number of hydrogen-bond acceptors (Lipinski definition) is 6. The summed E-state index contributed by atoms with van der Waals surface area (Å²) in [6.45, 7) is 3.39. The van der Waals surface area contributed by atoms with Crippen LogP contribution in [-0.2, 0) is 9.53 Å². The van der Waals surface area contributed by atoms with Gasteiger partial charge in [-0.15, -0.1) is 0 Å². The van der Waals surface area contributed by atoms with Crippen LogP contribution in [0.15, 0.2) is 58.4 Å². The summed E-state index contributed by atoms with van der Waals surface area (Å²) >= 11 is 0. The monoisotopic (exact) mass is 397 g/mol. The number of Topliss-reactive ketones (excluding diaryl/α,β-unsaturated/α-hetero) is 1. The quantitative estimate of drug-likeness (QED) is 0.720. The number of nitrogens with zero attached hydrogens (tertiary/aromatic N) is 1. The largest absolute Gasteiger partial charge is 0.503 e. The van der Waals surface area contributed by atoms with Crippen LogP contribution in [-0.4, -0.2) is 47.6 Å². The molecule has 3 heterocycles. The van der Waals surface area contributed by atoms with E-state index in [0.717, 1.165) is 12.8 Å². The van der Waals surface area contributed by atoms with Crippen molar-refractivity contribution in [2.45, 2.75) is 31.9 Å². The van der Waals surface area contributed by atoms with Crippen molar-refractivity contribution in [3.63, 3.8) is 0 Å². The number of aliphatic hydroxyl groups is 1. The summed E-state index contributed by atoms with van der Waals surface area (Å²) in [6.07, 6.45) is 3.03. The van der Waals surface area contributed by atoms with Crippen LogP contribution in [0.5, 0.6) is 5.75 Å². The van der Waals surface area contributed by atoms with Crippen molar-refractivity contribution in [2.24, 2.45) is 0 Å². The van der Waals surface area contributed by atoms with Gasteiger partial charge in [0.05, 0.1) is 30.6 Å². The van der Waals surface area contributed by atoms with E-state index in [1.807, 2.05) is 6.92 Å². The van der Waals surface area contributed by atoms with Crippen LogP contribution in [0, 0.1) is 0 Å². The molecule has 2 aliphatic rings. The first-order valence-corrected chi connectivity index (χ1v) is 9.76. The Kier molecular flexibility index (Phi) is 5.40. The van der Waals surface area contributed by atoms with Crippen molar-refractivity contribution in [3.05, 3.63) is 65.3 Å². The first kappa shape index (κ1) is 19.3. The standard InChI is InChI=1S/C22H23NO6/c1-2-27-15-9-7-14(8-10-15)19-18(20(24)17-6-4-12-29-17)21(25)22(26)23(19)13-16-5-3-11-28-16/h4,6-10,12,16,19,25H,2-3,5,11,13H2,1H3/t16-,19-/m1/s1. The van der Waals surface area contributed by atoms with Crippen LogP contribution < -0.4 is 4.74 Å². The van der Waals surface area contributed by atoms with Gasteiger partial charge in [0, 0.05) is 13.2 Å². The van der Waals surface area contributed by atoms with Crippen molar-refractivity contribution in [1.29, 1.82) is 0 Å². The Hall–Kier alpha value is -3.06. The van der Waals surface area contributed by atoms with Gasteiger partial charge in [-0.05, 0) is 49.6 Å². The third-order valence-electron chi connectivity index (χ3n) is 5.22. The molecule has 0 aliphatic carbocycles. The molecule has 4 rings (SSSR count). The number of carbonyl (C=O) groups excluding carboxylic acids is 2. The number of ketones is 1. The Morgan fingerprint density at radius 2 is 2.07 bits per heavy atom. The normalized spacial score (nSPS) is 21.8. The fourth-order valence-electron chi connectivity index (χ4n) is 3.88. The Bertz CT molecular complexity index is 909. The molecule has 1 saturated heterocycles. The molecule has 0 unspecified atom stereocenters. The predicted octanol–water partition coefficient (Wildman–Crippen LogP) is 3.44. The van der Waals surface area contributed by atoms with E-state index in [0.29, 0.717) is 31.1 Å². The number of aliphatic hydroxyl groups excluding tert-OH is 1. The highest BCUT2D eigenvalue weighted by Crippen LogP contribution is 2.40. The van der Waals surface area contributed by atoms with Crippen molar-refractivity contribution in [3.8, 4) is 5.75 Å². The maximum Gasteiger partial charge on any atom is 0.290 e. The second-order valence-electron chi connectivity index (χ2n) is 7.07. The molecular formula is C22H23NO6. The summed E-state index contributed by atoms with van der Waals surface area (Å²) in [4.78, 5) is 27.5. The van der Waals surface area contributed by atoms with Gasteiger partial charge in [-0.1, -0.05) is 12.1 Å². The maximum absolute atomic E-state index is 13.1. The number of ether oxygens (including phenoxy) is 2. The van der Waals surface area contributed by atoms with Gasteiger partial charge in [-0.2, -0.15) is 0 Å². The Labute approximate surface area is 168 Å². The second kappa shape index (κ2) is 8.13. The zero-order valence-corrected chi connectivity index (χ0v) is 16.2. The third kappa shape index (κ3) is 3.65. The second-order valence-corrected chi connectivity index (χ2v) is 7.07. The number of furan rings is 1. The molecule has 2 aromatic rings. The van der Waals surface area contributed by atoms with Gasteiger partial charge in [-0.25, -0.2) is 0 Å². The Balaban J connectivity index is 1.72. The van der Waals surface area contributed by atoms with E-state index >= 15 is 0 Å². The molecule has 1 aromatic heterocycles. The molecule has 1 aromatic carbocycles. The molecule has 0 spiro atoms. The van der Waals surface area contributed by atoms with Crippen molar-refractivity contribution < 1.29 is 28.6 Å². The smallest absolute Gasteiger partial charge is 0.290 e. The minimum atomic E-state index is -0.722. The number of amides is 1. The van der Waals surface area contributed by atoms with Crippen molar-refractivity contribution in [1.82, 2.24) is 4.90 Å². The average molecular weight is 397 g/mol. The highest BCUT2D eigenvalue weighted by atomic mass is 16.5. The zero-order valence-electron chi connectivity index (χ0n) is 16.2. The van der Waals surface area contributed by atoms with Crippen LogP contribution in [0.3, 0.4) is 0 Å². The van der Waals surface area contributed by atoms with E-state index in [9.17, 15) is 14.7 Å². The lowest BCUT2D eigenvalue weighted by atomic mass is 9.95. The van der Waals surface area contributed by atoms with Crippen molar-refractivity contribution in [2.75, 3.05) is 19.8 Å². The van der Waals surface area contributed by atoms with E-state index in [1.54, 1.807) is 30.3 Å². The summed E-state index contributed by atoms with van der Waals surface area (Å²) < 4.78 is 16.4. The summed E-state index contributed by atoms with van der Waals surface area (Å²) in [5, 5.41) is 10.6. The van der Waals surface area contributed by atoms with Gasteiger partial charge in [0.2, 0.25) is 5.78 Å². The Morgan fingerprint density at radius 1 is 1.28 bits per heavy atom. The SMILES string of the molecule is CCOc1ccc([C@@H]2C(C(=O)c3ccco3)=C(O)C(=O)N2C[C@H]2CCCO2)cc1. The summed E-state index contributed by atoms with van der Waals surface area (Å²) in [6, 6.07) is 9.58.